The van der Waals surface area contributed by atoms with Crippen molar-refractivity contribution < 1.29 is 32.3 Å². The largest absolute Gasteiger partial charge is 0.497 e. The minimum absolute atomic E-state index is 0.149. The average Bonchev–Trinajstić information content (AvgIpc) is 3.93. The number of ether oxygens (including phenoxy) is 2. The lowest BCUT2D eigenvalue weighted by Crippen LogP contribution is -2.54. The predicted octanol–water partition coefficient (Wildman–Crippen LogP) is 3.82. The topological polar surface area (TPSA) is 157 Å². The lowest BCUT2D eigenvalue weighted by atomic mass is 9.93. The molecule has 0 radical (unpaired) electrons. The third-order valence-electron chi connectivity index (χ3n) is 9.92. The smallest absolute Gasteiger partial charge is 0.259 e. The quantitative estimate of drug-likeness (QED) is 0.351. The molecule has 3 saturated carbocycles. The number of sulfonamides is 1. The molecular weight excluding hydrogens is 655 g/mol. The minimum Gasteiger partial charge on any atom is -0.497 e. The monoisotopic (exact) mass is 693 g/mol. The second-order valence-corrected chi connectivity index (χ2v) is 16.1. The molecule has 3 amide bonds. The van der Waals surface area contributed by atoms with Gasteiger partial charge in [0.2, 0.25) is 21.8 Å². The molecule has 3 aromatic rings. The van der Waals surface area contributed by atoms with Crippen LogP contribution in [-0.2, 0) is 24.4 Å². The second-order valence-electron chi connectivity index (χ2n) is 13.3. The number of pyridine rings is 1. The Morgan fingerprint density at radius 1 is 1.15 bits per heavy atom. The summed E-state index contributed by atoms with van der Waals surface area (Å²) >= 11 is 1.45. The van der Waals surface area contributed by atoms with E-state index in [0.717, 1.165) is 29.7 Å². The van der Waals surface area contributed by atoms with Gasteiger partial charge in [0, 0.05) is 48.6 Å². The first-order valence-electron chi connectivity index (χ1n) is 16.4. The number of fused-ring (bicyclic) bond motifs is 3. The first-order valence-corrected chi connectivity index (χ1v) is 18.9. The molecule has 0 unspecified atom stereocenters. The van der Waals surface area contributed by atoms with Crippen molar-refractivity contribution in [3.63, 3.8) is 0 Å². The molecule has 4 aliphatic rings. The van der Waals surface area contributed by atoms with Crippen LogP contribution in [0.4, 0.5) is 0 Å². The van der Waals surface area contributed by atoms with Crippen LogP contribution >= 0.6 is 11.3 Å². The highest BCUT2D eigenvalue weighted by molar-refractivity contribution is 7.91. The van der Waals surface area contributed by atoms with E-state index in [1.165, 1.54) is 11.3 Å². The Labute approximate surface area is 283 Å². The summed E-state index contributed by atoms with van der Waals surface area (Å²) in [4.78, 5) is 52.5. The lowest BCUT2D eigenvalue weighted by Gasteiger charge is -2.26. The highest BCUT2D eigenvalue weighted by atomic mass is 32.2. The molecule has 48 heavy (non-hydrogen) atoms. The molecule has 3 fully saturated rings. The number of benzene rings is 1. The molecule has 5 atom stereocenters. The zero-order chi connectivity index (χ0) is 33.6. The van der Waals surface area contributed by atoms with Crippen molar-refractivity contribution in [3.8, 4) is 22.2 Å². The molecule has 12 nitrogen and oxygen atoms in total. The summed E-state index contributed by atoms with van der Waals surface area (Å²) in [5, 5.41) is 5.71. The van der Waals surface area contributed by atoms with Crippen LogP contribution in [0.15, 0.2) is 48.0 Å². The highest BCUT2D eigenvalue weighted by Gasteiger charge is 2.62. The maximum atomic E-state index is 14.1. The van der Waals surface area contributed by atoms with Crippen LogP contribution < -0.4 is 19.5 Å². The van der Waals surface area contributed by atoms with Crippen molar-refractivity contribution in [1.82, 2.24) is 24.9 Å². The summed E-state index contributed by atoms with van der Waals surface area (Å²) in [6.45, 7) is 0.561. The van der Waals surface area contributed by atoms with Gasteiger partial charge in [-0.05, 0) is 63.5 Å². The van der Waals surface area contributed by atoms with Gasteiger partial charge in [0.1, 0.15) is 33.8 Å². The van der Waals surface area contributed by atoms with E-state index in [4.69, 9.17) is 14.5 Å². The van der Waals surface area contributed by atoms with Gasteiger partial charge < -0.3 is 19.7 Å². The maximum absolute atomic E-state index is 14.1. The summed E-state index contributed by atoms with van der Waals surface area (Å²) in [7, 11) is -0.473. The molecule has 2 N–H and O–H groups in total. The van der Waals surface area contributed by atoms with Crippen molar-refractivity contribution in [3.05, 3.63) is 48.0 Å². The summed E-state index contributed by atoms with van der Waals surface area (Å²) in [6, 6.07) is 7.36. The number of thiazole rings is 1. The fraction of sp³-hybridized carbons (Fsp3) is 0.500. The van der Waals surface area contributed by atoms with Gasteiger partial charge in [-0.15, -0.1) is 11.3 Å². The number of nitrogens with zero attached hydrogens (tertiary/aromatic N) is 3. The van der Waals surface area contributed by atoms with E-state index in [1.54, 1.807) is 25.3 Å². The minimum atomic E-state index is -3.82. The number of carbonyl (C=O) groups excluding carboxylic acids is 3. The number of nitrogens with one attached hydrogen (secondary N) is 2. The van der Waals surface area contributed by atoms with Crippen LogP contribution in [0.3, 0.4) is 0 Å². The maximum Gasteiger partial charge on any atom is 0.259 e. The molecule has 0 bridgehead atoms. The number of methoxy groups -OCH3 is 1. The van der Waals surface area contributed by atoms with Gasteiger partial charge in [-0.1, -0.05) is 12.2 Å². The van der Waals surface area contributed by atoms with Crippen molar-refractivity contribution in [2.75, 3.05) is 20.7 Å². The molecule has 0 saturated heterocycles. The average molecular weight is 694 g/mol. The molecule has 7 rings (SSSR count). The van der Waals surface area contributed by atoms with Crippen LogP contribution in [-0.4, -0.2) is 78.6 Å². The van der Waals surface area contributed by atoms with Gasteiger partial charge in [-0.25, -0.2) is 18.4 Å². The van der Waals surface area contributed by atoms with E-state index >= 15 is 0 Å². The Kier molecular flexibility index (Phi) is 8.65. The number of allylic oxidation sites excluding steroid dienone is 1. The Bertz CT molecular complexity index is 1880. The number of amides is 3. The summed E-state index contributed by atoms with van der Waals surface area (Å²) in [5.74, 6) is -1.93. The van der Waals surface area contributed by atoms with Gasteiger partial charge >= 0.3 is 0 Å². The normalized spacial score (nSPS) is 28.5. The molecule has 1 aromatic carbocycles. The standard InChI is InChI=1S/C34H39N5O7S2/c1-39-13-6-4-3-5-7-20-19-34(20,33(42)38-48(43,44)23-9-10-23)37-30(40)25-15-22(16-26(25)32(39)41)46-29-18-28(31-35-12-14-47-31)36-27-17-21(45-2)8-11-24(27)29/h5,7-8,11-12,14,17-18,20,22-23,25-26H,3-4,6,9-10,13,15-16,19H2,1-2H3,(H,37,40)(H,38,42)/b7-5-/t20-,22+,25+,26+,34-/m0/s1. The molecule has 254 valence electrons. The number of hydrogen-bond acceptors (Lipinski definition) is 10. The molecule has 2 aromatic heterocycles. The number of rotatable bonds is 7. The number of aromatic nitrogens is 2. The zero-order valence-corrected chi connectivity index (χ0v) is 28.5. The van der Waals surface area contributed by atoms with Crippen molar-refractivity contribution in [2.24, 2.45) is 17.8 Å². The Hall–Kier alpha value is -4.04. The molecule has 0 spiro atoms. The van der Waals surface area contributed by atoms with Crippen molar-refractivity contribution in [1.29, 1.82) is 0 Å². The molecule has 3 heterocycles. The summed E-state index contributed by atoms with van der Waals surface area (Å²) in [6.07, 6.45) is 9.34. The SMILES string of the molecule is COc1ccc2c(O[C@@H]3C[C@H]4C(=O)N[C@@]5(C(=O)NS(=O)(=O)C6CC6)C[C@@H]5/C=C\CCCCN(C)C(=O)[C@@H]4C3)cc(-c3nccs3)nc2c1. The van der Waals surface area contributed by atoms with Crippen molar-refractivity contribution >= 4 is 50.0 Å². The van der Waals surface area contributed by atoms with E-state index < -0.39 is 50.6 Å². The van der Waals surface area contributed by atoms with Crippen LogP contribution in [0.2, 0.25) is 0 Å². The number of carbonyl (C=O) groups is 3. The van der Waals surface area contributed by atoms with E-state index in [2.05, 4.69) is 15.0 Å². The Balaban J connectivity index is 1.19. The van der Waals surface area contributed by atoms with Crippen molar-refractivity contribution in [2.45, 2.75) is 68.3 Å². The van der Waals surface area contributed by atoms with E-state index in [-0.39, 0.29) is 18.2 Å². The van der Waals surface area contributed by atoms with Gasteiger partial charge in [0.05, 0.1) is 29.7 Å². The Morgan fingerprint density at radius 3 is 2.71 bits per heavy atom. The van der Waals surface area contributed by atoms with Gasteiger partial charge in [0.15, 0.2) is 0 Å². The Morgan fingerprint density at radius 2 is 1.96 bits per heavy atom. The van der Waals surface area contributed by atoms with Gasteiger partial charge in [0.25, 0.3) is 5.91 Å². The van der Waals surface area contributed by atoms with E-state index in [9.17, 15) is 22.8 Å². The summed E-state index contributed by atoms with van der Waals surface area (Å²) < 4.78 is 39.7. The molecule has 3 aliphatic carbocycles. The van der Waals surface area contributed by atoms with E-state index in [1.807, 2.05) is 41.8 Å². The molecular formula is C34H39N5O7S2. The van der Waals surface area contributed by atoms with Crippen LogP contribution in [0.1, 0.15) is 51.4 Å². The lowest BCUT2D eigenvalue weighted by molar-refractivity contribution is -0.140. The first-order chi connectivity index (χ1) is 23.1. The van der Waals surface area contributed by atoms with Crippen LogP contribution in [0.25, 0.3) is 21.6 Å². The van der Waals surface area contributed by atoms with Gasteiger partial charge in [-0.3, -0.25) is 19.1 Å². The molecule has 1 aliphatic heterocycles. The first kappa shape index (κ1) is 32.5. The van der Waals surface area contributed by atoms with Crippen LogP contribution in [0.5, 0.6) is 11.5 Å². The third kappa shape index (κ3) is 6.39. The second kappa shape index (κ2) is 12.8. The predicted molar refractivity (Wildman–Crippen MR) is 180 cm³/mol. The molecule has 14 heteroatoms. The number of hydrogen-bond donors (Lipinski definition) is 2. The highest BCUT2D eigenvalue weighted by Crippen LogP contribution is 2.47. The van der Waals surface area contributed by atoms with Crippen LogP contribution in [0, 0.1) is 17.8 Å². The third-order valence-corrected chi connectivity index (χ3v) is 12.5. The zero-order valence-electron chi connectivity index (χ0n) is 26.9. The summed E-state index contributed by atoms with van der Waals surface area (Å²) in [5.41, 5.74) is -0.0989. The fourth-order valence-corrected chi connectivity index (χ4v) is 8.89. The fourth-order valence-electron chi connectivity index (χ4n) is 6.93. The van der Waals surface area contributed by atoms with E-state index in [0.29, 0.717) is 54.9 Å². The van der Waals surface area contributed by atoms with Gasteiger partial charge in [-0.2, -0.15) is 0 Å².